The molecule has 1 aliphatic heterocycles. The van der Waals surface area contributed by atoms with E-state index in [0.717, 1.165) is 64.2 Å². The molecule has 2 bridgehead atoms. The van der Waals surface area contributed by atoms with Crippen molar-refractivity contribution in [3.05, 3.63) is 12.2 Å². The molecule has 26 heavy (non-hydrogen) atoms. The Kier molecular flexibility index (Phi) is 6.31. The van der Waals surface area contributed by atoms with Crippen molar-refractivity contribution in [2.24, 2.45) is 23.7 Å². The Bertz CT molecular complexity index is 494. The van der Waals surface area contributed by atoms with Crippen LogP contribution in [-0.4, -0.2) is 61.6 Å². The Balaban J connectivity index is 1.33. The van der Waals surface area contributed by atoms with Crippen molar-refractivity contribution in [1.82, 2.24) is 9.80 Å². The van der Waals surface area contributed by atoms with Gasteiger partial charge in [-0.25, -0.2) is 0 Å². The molecule has 0 N–H and O–H groups in total. The average Bonchev–Trinajstić information content (AvgIpc) is 3.30. The number of allylic oxidation sites excluding steroid dienone is 2. The smallest absolute Gasteiger partial charge is 0.222 e. The van der Waals surface area contributed by atoms with Crippen molar-refractivity contribution >= 4 is 5.91 Å². The zero-order valence-corrected chi connectivity index (χ0v) is 16.3. The summed E-state index contributed by atoms with van der Waals surface area (Å²) < 4.78 is 5.47. The predicted octanol–water partition coefficient (Wildman–Crippen LogP) is 3.33. The summed E-state index contributed by atoms with van der Waals surface area (Å²) in [4.78, 5) is 17.8. The van der Waals surface area contributed by atoms with Crippen LogP contribution in [0.25, 0.3) is 0 Å². The van der Waals surface area contributed by atoms with E-state index in [1.807, 2.05) is 0 Å². The summed E-state index contributed by atoms with van der Waals surface area (Å²) in [6.07, 6.45) is 14.8. The van der Waals surface area contributed by atoms with Crippen LogP contribution in [0.2, 0.25) is 0 Å². The van der Waals surface area contributed by atoms with Crippen LogP contribution in [0, 0.1) is 23.7 Å². The van der Waals surface area contributed by atoms with Crippen LogP contribution in [0.3, 0.4) is 0 Å². The molecule has 1 heterocycles. The van der Waals surface area contributed by atoms with E-state index in [1.165, 1.54) is 44.9 Å². The molecule has 4 heteroatoms. The molecule has 2 saturated carbocycles. The summed E-state index contributed by atoms with van der Waals surface area (Å²) in [5.41, 5.74) is 0. The van der Waals surface area contributed by atoms with Crippen LogP contribution in [0.4, 0.5) is 0 Å². The van der Waals surface area contributed by atoms with E-state index in [9.17, 15) is 4.79 Å². The lowest BCUT2D eigenvalue weighted by Crippen LogP contribution is -2.45. The van der Waals surface area contributed by atoms with Gasteiger partial charge in [0, 0.05) is 39.1 Å². The van der Waals surface area contributed by atoms with E-state index in [-0.39, 0.29) is 0 Å². The lowest BCUT2D eigenvalue weighted by molar-refractivity contribution is -0.133. The average molecular weight is 361 g/mol. The van der Waals surface area contributed by atoms with Crippen LogP contribution in [0.1, 0.15) is 51.4 Å². The lowest BCUT2D eigenvalue weighted by Gasteiger charge is -2.33. The van der Waals surface area contributed by atoms with Gasteiger partial charge in [-0.1, -0.05) is 31.4 Å². The number of hydrogen-bond acceptors (Lipinski definition) is 3. The molecule has 0 radical (unpaired) electrons. The van der Waals surface area contributed by atoms with Gasteiger partial charge in [-0.2, -0.15) is 0 Å². The topological polar surface area (TPSA) is 32.8 Å². The van der Waals surface area contributed by atoms with Crippen molar-refractivity contribution in [2.75, 3.05) is 45.9 Å². The molecule has 4 rings (SSSR count). The first-order valence-corrected chi connectivity index (χ1v) is 11.0. The second-order valence-corrected chi connectivity index (χ2v) is 9.04. The molecular weight excluding hydrogens is 324 g/mol. The molecule has 4 aliphatic rings. The summed E-state index contributed by atoms with van der Waals surface area (Å²) in [5, 5.41) is 0. The number of rotatable bonds is 7. The van der Waals surface area contributed by atoms with Crippen molar-refractivity contribution in [3.8, 4) is 0 Å². The molecule has 0 aromatic heterocycles. The number of morpholine rings is 1. The van der Waals surface area contributed by atoms with Gasteiger partial charge in [0.25, 0.3) is 0 Å². The minimum absolute atomic E-state index is 0.428. The number of ether oxygens (including phenoxy) is 1. The first-order chi connectivity index (χ1) is 12.8. The van der Waals surface area contributed by atoms with Gasteiger partial charge in [-0.05, 0) is 49.4 Å². The number of nitrogens with zero attached hydrogens (tertiary/aromatic N) is 2. The zero-order chi connectivity index (χ0) is 17.8. The monoisotopic (exact) mass is 360 g/mol. The Morgan fingerprint density at radius 1 is 1.08 bits per heavy atom. The first kappa shape index (κ1) is 18.5. The van der Waals surface area contributed by atoms with Gasteiger partial charge in [-0.3, -0.25) is 9.69 Å². The predicted molar refractivity (Wildman–Crippen MR) is 104 cm³/mol. The molecule has 0 spiro atoms. The van der Waals surface area contributed by atoms with E-state index in [4.69, 9.17) is 4.74 Å². The second kappa shape index (κ2) is 8.88. The second-order valence-electron chi connectivity index (χ2n) is 9.04. The van der Waals surface area contributed by atoms with Gasteiger partial charge in [-0.15, -0.1) is 0 Å². The number of fused-ring (bicyclic) bond motifs is 2. The summed E-state index contributed by atoms with van der Waals surface area (Å²) in [6, 6.07) is 0. The summed E-state index contributed by atoms with van der Waals surface area (Å²) in [7, 11) is 0. The van der Waals surface area contributed by atoms with Gasteiger partial charge >= 0.3 is 0 Å². The zero-order valence-electron chi connectivity index (χ0n) is 16.3. The lowest BCUT2D eigenvalue weighted by atomic mass is 9.86. The van der Waals surface area contributed by atoms with Gasteiger partial charge < -0.3 is 9.64 Å². The van der Waals surface area contributed by atoms with E-state index in [2.05, 4.69) is 22.0 Å². The molecule has 4 nitrogen and oxygen atoms in total. The third kappa shape index (κ3) is 4.69. The molecule has 1 amide bonds. The maximum absolute atomic E-state index is 13.1. The fourth-order valence-corrected chi connectivity index (χ4v) is 5.56. The summed E-state index contributed by atoms with van der Waals surface area (Å²) in [5.74, 6) is 3.29. The minimum atomic E-state index is 0.428. The minimum Gasteiger partial charge on any atom is -0.379 e. The quantitative estimate of drug-likeness (QED) is 0.653. The Morgan fingerprint density at radius 2 is 1.88 bits per heavy atom. The largest absolute Gasteiger partial charge is 0.379 e. The number of hydrogen-bond donors (Lipinski definition) is 0. The van der Waals surface area contributed by atoms with E-state index >= 15 is 0 Å². The molecule has 0 aromatic rings. The Hall–Kier alpha value is -0.870. The van der Waals surface area contributed by atoms with Crippen molar-refractivity contribution in [3.63, 3.8) is 0 Å². The Labute approximate surface area is 158 Å². The van der Waals surface area contributed by atoms with E-state index in [1.54, 1.807) is 0 Å². The SMILES string of the molecule is O=C(CC1CCCCC1)N(CCN1CCOCC1)C[C@@H]1C[C@@H]2C=C[C@H]1C2. The fourth-order valence-electron chi connectivity index (χ4n) is 5.56. The van der Waals surface area contributed by atoms with Gasteiger partial charge in [0.1, 0.15) is 0 Å². The normalized spacial score (nSPS) is 32.2. The Morgan fingerprint density at radius 3 is 2.58 bits per heavy atom. The molecule has 3 atom stereocenters. The van der Waals surface area contributed by atoms with Crippen molar-refractivity contribution in [2.45, 2.75) is 51.4 Å². The highest BCUT2D eigenvalue weighted by molar-refractivity contribution is 5.76. The standard InChI is InChI=1S/C22H36N2O2/c25-22(16-18-4-2-1-3-5-18)24(9-8-23-10-12-26-13-11-23)17-21-15-19-6-7-20(21)14-19/h6-7,18-21H,1-5,8-17H2/t19-,20+,21+/m1/s1. The highest BCUT2D eigenvalue weighted by Gasteiger charge is 2.37. The molecule has 3 fully saturated rings. The summed E-state index contributed by atoms with van der Waals surface area (Å²) in [6.45, 7) is 6.62. The van der Waals surface area contributed by atoms with Gasteiger partial charge in [0.15, 0.2) is 0 Å². The van der Waals surface area contributed by atoms with Crippen LogP contribution in [0.15, 0.2) is 12.2 Å². The van der Waals surface area contributed by atoms with E-state index < -0.39 is 0 Å². The first-order valence-electron chi connectivity index (χ1n) is 11.0. The van der Waals surface area contributed by atoms with Crippen LogP contribution >= 0.6 is 0 Å². The van der Waals surface area contributed by atoms with Crippen LogP contribution in [0.5, 0.6) is 0 Å². The van der Waals surface area contributed by atoms with Gasteiger partial charge in [0.2, 0.25) is 5.91 Å². The number of carbonyl (C=O) groups is 1. The molecule has 146 valence electrons. The van der Waals surface area contributed by atoms with Crippen LogP contribution < -0.4 is 0 Å². The highest BCUT2D eigenvalue weighted by atomic mass is 16.5. The summed E-state index contributed by atoms with van der Waals surface area (Å²) >= 11 is 0. The maximum atomic E-state index is 13.1. The maximum Gasteiger partial charge on any atom is 0.222 e. The fraction of sp³-hybridized carbons (Fsp3) is 0.864. The molecule has 3 aliphatic carbocycles. The molecular formula is C22H36N2O2. The third-order valence-electron chi connectivity index (χ3n) is 7.20. The number of carbonyl (C=O) groups excluding carboxylic acids is 1. The molecule has 1 saturated heterocycles. The van der Waals surface area contributed by atoms with Crippen molar-refractivity contribution < 1.29 is 9.53 Å². The number of amides is 1. The highest BCUT2D eigenvalue weighted by Crippen LogP contribution is 2.43. The van der Waals surface area contributed by atoms with E-state index in [0.29, 0.717) is 17.7 Å². The molecule has 0 unspecified atom stereocenters. The van der Waals surface area contributed by atoms with Crippen molar-refractivity contribution in [1.29, 1.82) is 0 Å². The van der Waals surface area contributed by atoms with Crippen LogP contribution in [-0.2, 0) is 9.53 Å². The van der Waals surface area contributed by atoms with Gasteiger partial charge in [0.05, 0.1) is 13.2 Å². The third-order valence-corrected chi connectivity index (χ3v) is 7.20. The molecule has 0 aromatic carbocycles.